The van der Waals surface area contributed by atoms with Crippen LogP contribution in [0.25, 0.3) is 21.9 Å². The number of hydrogen-bond donors (Lipinski definition) is 1. The third kappa shape index (κ3) is 2.85. The summed E-state index contributed by atoms with van der Waals surface area (Å²) in [5.74, 6) is 0. The molecular formula is C17H18BClNO3. The van der Waals surface area contributed by atoms with E-state index in [2.05, 4.69) is 4.98 Å². The lowest BCUT2D eigenvalue weighted by atomic mass is 9.81. The van der Waals surface area contributed by atoms with Crippen molar-refractivity contribution in [2.24, 2.45) is 0 Å². The maximum atomic E-state index is 10.2. The Kier molecular flexibility index (Phi) is 3.91. The molecule has 0 atom stereocenters. The second-order valence-electron chi connectivity index (χ2n) is 6.63. The number of furan rings is 1. The third-order valence-electron chi connectivity index (χ3n) is 4.35. The Morgan fingerprint density at radius 2 is 1.96 bits per heavy atom. The molecule has 1 N–H and O–H groups in total. The molecule has 0 fully saturated rings. The van der Waals surface area contributed by atoms with Gasteiger partial charge in [-0.1, -0.05) is 23.7 Å². The van der Waals surface area contributed by atoms with E-state index in [1.54, 1.807) is 33.7 Å². The van der Waals surface area contributed by atoms with Gasteiger partial charge in [-0.25, -0.2) is 0 Å². The lowest BCUT2D eigenvalue weighted by Crippen LogP contribution is -2.49. The fourth-order valence-electron chi connectivity index (χ4n) is 2.19. The number of hydrogen-bond acceptors (Lipinski definition) is 4. The van der Waals surface area contributed by atoms with Crippen molar-refractivity contribution in [3.63, 3.8) is 0 Å². The molecule has 3 rings (SSSR count). The summed E-state index contributed by atoms with van der Waals surface area (Å²) in [5.41, 5.74) is 0.445. The Morgan fingerprint density at radius 1 is 1.22 bits per heavy atom. The highest BCUT2D eigenvalue weighted by molar-refractivity contribution is 6.53. The Labute approximate surface area is 140 Å². The van der Waals surface area contributed by atoms with Crippen molar-refractivity contribution in [2.75, 3.05) is 0 Å². The summed E-state index contributed by atoms with van der Waals surface area (Å²) < 4.78 is 11.7. The summed E-state index contributed by atoms with van der Waals surface area (Å²) in [6.45, 7) is 7.13. The molecule has 1 radical (unpaired) electrons. The van der Waals surface area contributed by atoms with E-state index in [0.29, 0.717) is 16.2 Å². The van der Waals surface area contributed by atoms with Crippen molar-refractivity contribution >= 4 is 46.5 Å². The standard InChI is InChI=1S/C17H18BClNO3/c1-16(2,21)17(3,4)23-18-11-6-5-7-13-14(11)10-8-20-9-12(19)15(10)22-13/h5-9,21H,1-4H3. The van der Waals surface area contributed by atoms with Gasteiger partial charge in [-0.2, -0.15) is 0 Å². The van der Waals surface area contributed by atoms with Crippen LogP contribution in [-0.2, 0) is 4.65 Å². The number of nitrogens with zero attached hydrogens (tertiary/aromatic N) is 1. The first kappa shape index (κ1) is 16.3. The molecule has 2 heterocycles. The van der Waals surface area contributed by atoms with E-state index in [4.69, 9.17) is 20.7 Å². The molecular weight excluding hydrogens is 312 g/mol. The monoisotopic (exact) mass is 330 g/mol. The average molecular weight is 331 g/mol. The summed E-state index contributed by atoms with van der Waals surface area (Å²) >= 11 is 6.16. The molecule has 0 unspecified atom stereocenters. The Balaban J connectivity index is 2.05. The SMILES string of the molecule is CC(C)(O)C(C)(C)O[B]c1cccc2oc3c(Cl)cncc3c12. The highest BCUT2D eigenvalue weighted by atomic mass is 35.5. The average Bonchev–Trinajstić information content (AvgIpc) is 2.85. The normalized spacial score (nSPS) is 13.0. The van der Waals surface area contributed by atoms with E-state index >= 15 is 0 Å². The van der Waals surface area contributed by atoms with Gasteiger partial charge in [0.2, 0.25) is 0 Å². The Morgan fingerprint density at radius 3 is 2.65 bits per heavy atom. The second-order valence-corrected chi connectivity index (χ2v) is 7.03. The van der Waals surface area contributed by atoms with Gasteiger partial charge >= 0.3 is 7.48 Å². The van der Waals surface area contributed by atoms with Crippen molar-refractivity contribution in [1.82, 2.24) is 4.98 Å². The van der Waals surface area contributed by atoms with E-state index < -0.39 is 11.2 Å². The number of benzene rings is 1. The summed E-state index contributed by atoms with van der Waals surface area (Å²) in [6, 6.07) is 5.70. The fourth-order valence-corrected chi connectivity index (χ4v) is 2.39. The quantitative estimate of drug-likeness (QED) is 0.745. The first-order valence-electron chi connectivity index (χ1n) is 7.39. The Bertz CT molecular complexity index is 867. The molecule has 0 bridgehead atoms. The second kappa shape index (κ2) is 5.51. The molecule has 0 aliphatic heterocycles. The Hall–Kier alpha value is -1.56. The lowest BCUT2D eigenvalue weighted by Gasteiger charge is -2.37. The van der Waals surface area contributed by atoms with E-state index in [1.807, 2.05) is 32.0 Å². The molecule has 0 saturated carbocycles. The summed E-state index contributed by atoms with van der Waals surface area (Å²) in [7, 11) is 1.65. The van der Waals surface area contributed by atoms with Crippen LogP contribution < -0.4 is 5.46 Å². The zero-order valence-electron chi connectivity index (χ0n) is 13.6. The van der Waals surface area contributed by atoms with Crippen LogP contribution in [-0.4, -0.2) is 28.8 Å². The highest BCUT2D eigenvalue weighted by Crippen LogP contribution is 2.31. The molecule has 1 aromatic carbocycles. The van der Waals surface area contributed by atoms with Crippen molar-refractivity contribution in [3.05, 3.63) is 35.6 Å². The zero-order valence-corrected chi connectivity index (χ0v) is 14.3. The van der Waals surface area contributed by atoms with Gasteiger partial charge in [0.25, 0.3) is 0 Å². The minimum atomic E-state index is -0.985. The first-order chi connectivity index (χ1) is 10.7. The third-order valence-corrected chi connectivity index (χ3v) is 4.62. The predicted molar refractivity (Wildman–Crippen MR) is 93.4 cm³/mol. The minimum Gasteiger partial charge on any atom is -0.454 e. The lowest BCUT2D eigenvalue weighted by molar-refractivity contribution is -0.0893. The molecule has 0 saturated heterocycles. The van der Waals surface area contributed by atoms with Crippen molar-refractivity contribution in [3.8, 4) is 0 Å². The fraction of sp³-hybridized carbons (Fsp3) is 0.353. The van der Waals surface area contributed by atoms with Gasteiger partial charge in [0.1, 0.15) is 10.6 Å². The number of rotatable bonds is 4. The first-order valence-corrected chi connectivity index (χ1v) is 7.77. The zero-order chi connectivity index (χ0) is 16.8. The highest BCUT2D eigenvalue weighted by Gasteiger charge is 2.36. The van der Waals surface area contributed by atoms with E-state index in [-0.39, 0.29) is 0 Å². The van der Waals surface area contributed by atoms with Crippen LogP contribution in [0.3, 0.4) is 0 Å². The molecule has 119 valence electrons. The molecule has 0 aliphatic rings. The van der Waals surface area contributed by atoms with Crippen LogP contribution in [0.1, 0.15) is 27.7 Å². The molecule has 0 aliphatic carbocycles. The van der Waals surface area contributed by atoms with Gasteiger partial charge in [-0.3, -0.25) is 4.98 Å². The van der Waals surface area contributed by atoms with Gasteiger partial charge in [0.05, 0.1) is 11.2 Å². The van der Waals surface area contributed by atoms with E-state index in [1.165, 1.54) is 0 Å². The minimum absolute atomic E-state index is 0.474. The molecule has 4 nitrogen and oxygen atoms in total. The van der Waals surface area contributed by atoms with Crippen molar-refractivity contribution < 1.29 is 14.2 Å². The van der Waals surface area contributed by atoms with Gasteiger partial charge in [-0.15, -0.1) is 0 Å². The summed E-state index contributed by atoms with van der Waals surface area (Å²) in [4.78, 5) is 4.14. The topological polar surface area (TPSA) is 55.5 Å². The number of fused-ring (bicyclic) bond motifs is 3. The van der Waals surface area contributed by atoms with Crippen LogP contribution in [0.5, 0.6) is 0 Å². The van der Waals surface area contributed by atoms with E-state index in [9.17, 15) is 5.11 Å². The largest absolute Gasteiger partial charge is 0.454 e. The number of pyridine rings is 1. The summed E-state index contributed by atoms with van der Waals surface area (Å²) in [6.07, 6.45) is 3.29. The van der Waals surface area contributed by atoms with E-state index in [0.717, 1.165) is 16.2 Å². The van der Waals surface area contributed by atoms with Gasteiger partial charge in [0, 0.05) is 23.2 Å². The van der Waals surface area contributed by atoms with Gasteiger partial charge in [0.15, 0.2) is 5.58 Å². The molecule has 0 spiro atoms. The van der Waals surface area contributed by atoms with Gasteiger partial charge in [-0.05, 0) is 39.2 Å². The molecule has 0 amide bonds. The van der Waals surface area contributed by atoms with Crippen LogP contribution in [0, 0.1) is 0 Å². The molecule has 6 heteroatoms. The van der Waals surface area contributed by atoms with Crippen molar-refractivity contribution in [2.45, 2.75) is 38.9 Å². The van der Waals surface area contributed by atoms with Crippen LogP contribution in [0.15, 0.2) is 35.0 Å². The van der Waals surface area contributed by atoms with Crippen LogP contribution >= 0.6 is 11.6 Å². The molecule has 3 aromatic rings. The van der Waals surface area contributed by atoms with Crippen LogP contribution in [0.4, 0.5) is 0 Å². The maximum absolute atomic E-state index is 10.2. The smallest absolute Gasteiger partial charge is 0.331 e. The van der Waals surface area contributed by atoms with Crippen LogP contribution in [0.2, 0.25) is 5.02 Å². The summed E-state index contributed by atoms with van der Waals surface area (Å²) in [5, 5.41) is 12.4. The molecule has 2 aromatic heterocycles. The van der Waals surface area contributed by atoms with Gasteiger partial charge < -0.3 is 14.2 Å². The number of halogens is 1. The molecule has 23 heavy (non-hydrogen) atoms. The number of aliphatic hydroxyl groups is 1. The predicted octanol–water partition coefficient (Wildman–Crippen LogP) is 3.45. The number of aromatic nitrogens is 1. The van der Waals surface area contributed by atoms with Crippen molar-refractivity contribution in [1.29, 1.82) is 0 Å². The maximum Gasteiger partial charge on any atom is 0.331 e.